The highest BCUT2D eigenvalue weighted by Crippen LogP contribution is 2.32. The van der Waals surface area contributed by atoms with Crippen molar-refractivity contribution in [1.82, 2.24) is 29.4 Å². The minimum Gasteiger partial charge on any atom is -0.329 e. The van der Waals surface area contributed by atoms with Crippen LogP contribution in [0.1, 0.15) is 60.7 Å². The molecule has 0 bridgehead atoms. The van der Waals surface area contributed by atoms with Gasteiger partial charge in [-0.2, -0.15) is 0 Å². The van der Waals surface area contributed by atoms with E-state index in [4.69, 9.17) is 4.98 Å². The van der Waals surface area contributed by atoms with E-state index in [1.54, 1.807) is 18.6 Å². The van der Waals surface area contributed by atoms with Crippen LogP contribution in [0, 0.1) is 0 Å². The SMILES string of the molecule is CC(C)c1nccn1-c1cccc([C@H]2CCCN2C(=O)c2cnccn2)n1. The normalized spacial score (nSPS) is 16.9. The Kier molecular flexibility index (Phi) is 4.66. The minimum absolute atomic E-state index is 0.0505. The van der Waals surface area contributed by atoms with Crippen LogP contribution in [-0.4, -0.2) is 41.9 Å². The Morgan fingerprint density at radius 2 is 2.07 bits per heavy atom. The zero-order chi connectivity index (χ0) is 18.8. The molecule has 27 heavy (non-hydrogen) atoms. The molecule has 0 saturated carbocycles. The third kappa shape index (κ3) is 3.32. The molecule has 0 N–H and O–H groups in total. The molecule has 7 nitrogen and oxygen atoms in total. The molecule has 1 fully saturated rings. The zero-order valence-electron chi connectivity index (χ0n) is 15.5. The fourth-order valence-electron chi connectivity index (χ4n) is 3.57. The van der Waals surface area contributed by atoms with Gasteiger partial charge < -0.3 is 4.90 Å². The number of imidazole rings is 1. The molecule has 4 heterocycles. The van der Waals surface area contributed by atoms with Crippen LogP contribution in [0.4, 0.5) is 0 Å². The van der Waals surface area contributed by atoms with Gasteiger partial charge in [-0.05, 0) is 25.0 Å². The van der Waals surface area contributed by atoms with Crippen molar-refractivity contribution in [3.63, 3.8) is 0 Å². The summed E-state index contributed by atoms with van der Waals surface area (Å²) in [5.74, 6) is 2.00. The van der Waals surface area contributed by atoms with Crippen LogP contribution in [0.3, 0.4) is 0 Å². The van der Waals surface area contributed by atoms with Gasteiger partial charge in [-0.15, -0.1) is 0 Å². The van der Waals surface area contributed by atoms with E-state index in [2.05, 4.69) is 28.8 Å². The molecule has 3 aromatic heterocycles. The zero-order valence-corrected chi connectivity index (χ0v) is 15.5. The summed E-state index contributed by atoms with van der Waals surface area (Å²) in [5.41, 5.74) is 1.27. The Morgan fingerprint density at radius 3 is 2.85 bits per heavy atom. The summed E-state index contributed by atoms with van der Waals surface area (Å²) in [4.78, 5) is 32.2. The molecular weight excluding hydrogens is 340 g/mol. The third-order valence-electron chi connectivity index (χ3n) is 4.83. The lowest BCUT2D eigenvalue weighted by molar-refractivity contribution is 0.0726. The van der Waals surface area contributed by atoms with Crippen molar-refractivity contribution >= 4 is 5.91 Å². The molecule has 1 saturated heterocycles. The van der Waals surface area contributed by atoms with Crippen LogP contribution in [-0.2, 0) is 0 Å². The highest BCUT2D eigenvalue weighted by atomic mass is 16.2. The highest BCUT2D eigenvalue weighted by Gasteiger charge is 2.32. The van der Waals surface area contributed by atoms with E-state index in [1.165, 1.54) is 6.20 Å². The maximum atomic E-state index is 12.9. The van der Waals surface area contributed by atoms with Crippen molar-refractivity contribution in [2.75, 3.05) is 6.54 Å². The second-order valence-corrected chi connectivity index (χ2v) is 6.98. The fourth-order valence-corrected chi connectivity index (χ4v) is 3.57. The minimum atomic E-state index is -0.0942. The predicted molar refractivity (Wildman–Crippen MR) is 100 cm³/mol. The van der Waals surface area contributed by atoms with Gasteiger partial charge in [0.2, 0.25) is 0 Å². The molecule has 7 heteroatoms. The molecule has 0 unspecified atom stereocenters. The van der Waals surface area contributed by atoms with E-state index >= 15 is 0 Å². The van der Waals surface area contributed by atoms with Crippen LogP contribution in [0.5, 0.6) is 0 Å². The summed E-state index contributed by atoms with van der Waals surface area (Å²) in [7, 11) is 0. The standard InChI is InChI=1S/C20H22N6O/c1-14(2)19-23-10-12-26(19)18-7-3-5-15(24-18)17-6-4-11-25(17)20(27)16-13-21-8-9-22-16/h3,5,7-10,12-14,17H,4,6,11H2,1-2H3/t17-/m1/s1. The predicted octanol–water partition coefficient (Wildman–Crippen LogP) is 3.16. The van der Waals surface area contributed by atoms with E-state index in [0.29, 0.717) is 18.2 Å². The maximum absolute atomic E-state index is 12.9. The van der Waals surface area contributed by atoms with Crippen LogP contribution in [0.15, 0.2) is 49.2 Å². The average Bonchev–Trinajstić information content (AvgIpc) is 3.38. The summed E-state index contributed by atoms with van der Waals surface area (Å²) >= 11 is 0. The first kappa shape index (κ1) is 17.3. The van der Waals surface area contributed by atoms with Gasteiger partial charge >= 0.3 is 0 Å². The number of likely N-dealkylation sites (tertiary alicyclic amines) is 1. The first-order chi connectivity index (χ1) is 13.1. The van der Waals surface area contributed by atoms with Crippen molar-refractivity contribution < 1.29 is 4.79 Å². The first-order valence-electron chi connectivity index (χ1n) is 9.22. The van der Waals surface area contributed by atoms with Gasteiger partial charge in [-0.3, -0.25) is 14.3 Å². The number of carbonyl (C=O) groups excluding carboxylic acids is 1. The summed E-state index contributed by atoms with van der Waals surface area (Å²) < 4.78 is 2.01. The van der Waals surface area contributed by atoms with Gasteiger partial charge in [0.25, 0.3) is 5.91 Å². The summed E-state index contributed by atoms with van der Waals surface area (Å²) in [5, 5.41) is 0. The molecule has 1 aliphatic rings. The Balaban J connectivity index is 1.65. The number of rotatable bonds is 4. The second-order valence-electron chi connectivity index (χ2n) is 6.98. The summed E-state index contributed by atoms with van der Waals surface area (Å²) in [6, 6.07) is 5.90. The third-order valence-corrected chi connectivity index (χ3v) is 4.83. The largest absolute Gasteiger partial charge is 0.329 e. The number of carbonyl (C=O) groups is 1. The fraction of sp³-hybridized carbons (Fsp3) is 0.350. The molecule has 0 radical (unpaired) electrons. The van der Waals surface area contributed by atoms with Crippen LogP contribution in [0.2, 0.25) is 0 Å². The van der Waals surface area contributed by atoms with Crippen molar-refractivity contribution in [2.45, 2.75) is 38.6 Å². The Hall–Kier alpha value is -3.09. The first-order valence-corrected chi connectivity index (χ1v) is 9.22. The van der Waals surface area contributed by atoms with Gasteiger partial charge in [0, 0.05) is 37.3 Å². The number of pyridine rings is 1. The lowest BCUT2D eigenvalue weighted by Gasteiger charge is -2.24. The van der Waals surface area contributed by atoms with Crippen LogP contribution < -0.4 is 0 Å². The van der Waals surface area contributed by atoms with Gasteiger partial charge in [-0.1, -0.05) is 19.9 Å². The summed E-state index contributed by atoms with van der Waals surface area (Å²) in [6.07, 6.45) is 10.2. The van der Waals surface area contributed by atoms with E-state index in [-0.39, 0.29) is 11.9 Å². The Morgan fingerprint density at radius 1 is 1.19 bits per heavy atom. The van der Waals surface area contributed by atoms with Crippen molar-refractivity contribution in [1.29, 1.82) is 0 Å². The molecule has 138 valence electrons. The number of hydrogen-bond acceptors (Lipinski definition) is 5. The maximum Gasteiger partial charge on any atom is 0.274 e. The molecule has 3 aromatic rings. The number of hydrogen-bond donors (Lipinski definition) is 0. The van der Waals surface area contributed by atoms with E-state index in [1.807, 2.05) is 33.9 Å². The summed E-state index contributed by atoms with van der Waals surface area (Å²) in [6.45, 7) is 4.93. The van der Waals surface area contributed by atoms with Crippen molar-refractivity contribution in [2.24, 2.45) is 0 Å². The van der Waals surface area contributed by atoms with Gasteiger partial charge in [0.05, 0.1) is 17.9 Å². The molecule has 1 amide bonds. The second kappa shape index (κ2) is 7.26. The van der Waals surface area contributed by atoms with Gasteiger partial charge in [0.1, 0.15) is 17.3 Å². The Labute approximate surface area is 158 Å². The number of nitrogens with zero attached hydrogens (tertiary/aromatic N) is 6. The number of amides is 1. The van der Waals surface area contributed by atoms with Crippen LogP contribution >= 0.6 is 0 Å². The van der Waals surface area contributed by atoms with E-state index in [0.717, 1.165) is 30.2 Å². The molecule has 1 aliphatic heterocycles. The van der Waals surface area contributed by atoms with Gasteiger partial charge in [0.15, 0.2) is 0 Å². The molecule has 0 spiro atoms. The highest BCUT2D eigenvalue weighted by molar-refractivity contribution is 5.92. The lowest BCUT2D eigenvalue weighted by Crippen LogP contribution is -2.31. The topological polar surface area (TPSA) is 76.8 Å². The molecule has 0 aromatic carbocycles. The van der Waals surface area contributed by atoms with Crippen molar-refractivity contribution in [3.8, 4) is 5.82 Å². The molecule has 0 aliphatic carbocycles. The van der Waals surface area contributed by atoms with Crippen molar-refractivity contribution in [3.05, 3.63) is 66.4 Å². The van der Waals surface area contributed by atoms with E-state index < -0.39 is 0 Å². The molecule has 4 rings (SSSR count). The Bertz CT molecular complexity index is 936. The molecular formula is C20H22N6O. The van der Waals surface area contributed by atoms with Gasteiger partial charge in [-0.25, -0.2) is 15.0 Å². The van der Waals surface area contributed by atoms with Crippen LogP contribution in [0.25, 0.3) is 5.82 Å². The quantitative estimate of drug-likeness (QED) is 0.712. The number of aromatic nitrogens is 5. The van der Waals surface area contributed by atoms with E-state index in [9.17, 15) is 4.79 Å². The lowest BCUT2D eigenvalue weighted by atomic mass is 10.1. The average molecular weight is 362 g/mol. The molecule has 1 atom stereocenters. The smallest absolute Gasteiger partial charge is 0.274 e. The monoisotopic (exact) mass is 362 g/mol.